The smallest absolute Gasteiger partial charge is 0.337 e. The fraction of sp³-hybridized carbons (Fsp3) is 0.444. The molecule has 9 heteroatoms. The maximum Gasteiger partial charge on any atom is 0.337 e. The number of halogens is 2. The standard InChI is InChI=1S/C25H30F2N4O3.C2H6/c1-5-25(26,27)11-8-12-28-21-16(3)23(32)31-14-15(2)13-19(22(31)30-21)17(4)29-20-10-7-6-9-18(20)24(33)34;1-2/h6-7,9-10,13-14,17,28-29H,5,8,11-12H2,1-4H3,(H,33,34);1-2H3. The lowest BCUT2D eigenvalue weighted by Crippen LogP contribution is -2.23. The largest absolute Gasteiger partial charge is 0.478 e. The molecule has 3 rings (SSSR count). The van der Waals surface area contributed by atoms with E-state index < -0.39 is 11.9 Å². The molecule has 0 spiro atoms. The highest BCUT2D eigenvalue weighted by Crippen LogP contribution is 2.27. The van der Waals surface area contributed by atoms with Crippen molar-refractivity contribution in [3.05, 3.63) is 69.1 Å². The van der Waals surface area contributed by atoms with Crippen LogP contribution in [0.2, 0.25) is 0 Å². The Kier molecular flexibility index (Phi) is 9.95. The third-order valence-electron chi connectivity index (χ3n) is 5.84. The van der Waals surface area contributed by atoms with Gasteiger partial charge in [0.15, 0.2) is 0 Å². The summed E-state index contributed by atoms with van der Waals surface area (Å²) in [5.74, 6) is -3.40. The molecule has 0 amide bonds. The van der Waals surface area contributed by atoms with Crippen molar-refractivity contribution in [1.82, 2.24) is 9.38 Å². The van der Waals surface area contributed by atoms with Gasteiger partial charge in [-0.05, 0) is 51.0 Å². The van der Waals surface area contributed by atoms with Gasteiger partial charge in [-0.1, -0.05) is 32.9 Å². The van der Waals surface area contributed by atoms with Crippen LogP contribution in [-0.2, 0) is 0 Å². The van der Waals surface area contributed by atoms with Gasteiger partial charge in [-0.2, -0.15) is 0 Å². The summed E-state index contributed by atoms with van der Waals surface area (Å²) in [6.45, 7) is 11.1. The number of aromatic carboxylic acids is 1. The molecule has 1 unspecified atom stereocenters. The van der Waals surface area contributed by atoms with Gasteiger partial charge in [0.05, 0.1) is 17.2 Å². The zero-order valence-electron chi connectivity index (χ0n) is 21.8. The van der Waals surface area contributed by atoms with Crippen molar-refractivity contribution in [2.45, 2.75) is 72.8 Å². The molecule has 1 aromatic carbocycles. The van der Waals surface area contributed by atoms with Crippen molar-refractivity contribution < 1.29 is 18.7 Å². The number of aryl methyl sites for hydroxylation is 1. The maximum atomic E-state index is 13.5. The van der Waals surface area contributed by atoms with E-state index in [0.717, 1.165) is 5.56 Å². The molecule has 0 aliphatic carbocycles. The van der Waals surface area contributed by atoms with Gasteiger partial charge in [-0.25, -0.2) is 18.6 Å². The number of aromatic nitrogens is 2. The number of hydrogen-bond acceptors (Lipinski definition) is 5. The summed E-state index contributed by atoms with van der Waals surface area (Å²) < 4.78 is 28.5. The first kappa shape index (κ1) is 28.7. The lowest BCUT2D eigenvalue weighted by molar-refractivity contribution is -0.0123. The average Bonchev–Trinajstić information content (AvgIpc) is 2.86. The monoisotopic (exact) mass is 502 g/mol. The number of alkyl halides is 2. The van der Waals surface area contributed by atoms with Crippen LogP contribution in [0.25, 0.3) is 5.65 Å². The number of nitrogens with zero attached hydrogens (tertiary/aromatic N) is 2. The molecule has 0 saturated heterocycles. The quantitative estimate of drug-likeness (QED) is 0.276. The SMILES string of the molecule is CC.CCC(F)(F)CCCNc1nc2c(C(C)Nc3ccccc3C(=O)O)cc(C)cn2c(=O)c1C. The highest BCUT2D eigenvalue weighted by molar-refractivity contribution is 5.94. The molecule has 7 nitrogen and oxygen atoms in total. The summed E-state index contributed by atoms with van der Waals surface area (Å²) in [7, 11) is 0. The van der Waals surface area contributed by atoms with Crippen molar-refractivity contribution in [3.8, 4) is 0 Å². The van der Waals surface area contributed by atoms with Crippen LogP contribution in [0.5, 0.6) is 0 Å². The molecule has 0 aliphatic rings. The number of pyridine rings is 1. The zero-order valence-corrected chi connectivity index (χ0v) is 21.8. The zero-order chi connectivity index (χ0) is 27.0. The Balaban J connectivity index is 0.00000222. The molecule has 3 aromatic rings. The van der Waals surface area contributed by atoms with Gasteiger partial charge >= 0.3 is 5.97 Å². The molecule has 36 heavy (non-hydrogen) atoms. The van der Waals surface area contributed by atoms with E-state index in [1.54, 1.807) is 31.3 Å². The molecule has 3 N–H and O–H groups in total. The van der Waals surface area contributed by atoms with E-state index in [9.17, 15) is 23.5 Å². The van der Waals surface area contributed by atoms with Crippen molar-refractivity contribution >= 4 is 23.1 Å². The van der Waals surface area contributed by atoms with Crippen LogP contribution in [0.3, 0.4) is 0 Å². The first-order chi connectivity index (χ1) is 17.0. The van der Waals surface area contributed by atoms with Gasteiger partial charge in [-0.15, -0.1) is 0 Å². The number of carbonyl (C=O) groups is 1. The minimum absolute atomic E-state index is 0.138. The van der Waals surface area contributed by atoms with Crippen LogP contribution in [0.1, 0.15) is 80.0 Å². The predicted molar refractivity (Wildman–Crippen MR) is 141 cm³/mol. The average molecular weight is 503 g/mol. The second kappa shape index (κ2) is 12.5. The van der Waals surface area contributed by atoms with Crippen molar-refractivity contribution in [1.29, 1.82) is 0 Å². The van der Waals surface area contributed by atoms with Gasteiger partial charge in [-0.3, -0.25) is 9.20 Å². The molecule has 0 aliphatic heterocycles. The number of para-hydroxylation sites is 1. The van der Waals surface area contributed by atoms with Gasteiger partial charge < -0.3 is 15.7 Å². The number of anilines is 2. The Morgan fingerprint density at radius 1 is 1.22 bits per heavy atom. The second-order valence-corrected chi connectivity index (χ2v) is 8.51. The number of hydrogen-bond donors (Lipinski definition) is 3. The number of nitrogens with one attached hydrogen (secondary N) is 2. The molecular weight excluding hydrogens is 466 g/mol. The Morgan fingerprint density at radius 3 is 2.53 bits per heavy atom. The Bertz CT molecular complexity index is 1260. The van der Waals surface area contributed by atoms with E-state index in [-0.39, 0.29) is 43.0 Å². The van der Waals surface area contributed by atoms with Crippen molar-refractivity contribution in [3.63, 3.8) is 0 Å². The van der Waals surface area contributed by atoms with Crippen LogP contribution in [-0.4, -0.2) is 32.9 Å². The fourth-order valence-corrected chi connectivity index (χ4v) is 3.82. The molecule has 0 saturated carbocycles. The van der Waals surface area contributed by atoms with E-state index in [1.807, 2.05) is 33.8 Å². The third-order valence-corrected chi connectivity index (χ3v) is 5.84. The molecule has 0 radical (unpaired) electrons. The minimum Gasteiger partial charge on any atom is -0.478 e. The van der Waals surface area contributed by atoms with Crippen molar-refractivity contribution in [2.24, 2.45) is 0 Å². The van der Waals surface area contributed by atoms with E-state index >= 15 is 0 Å². The first-order valence-electron chi connectivity index (χ1n) is 12.3. The summed E-state index contributed by atoms with van der Waals surface area (Å²) in [5.41, 5.74) is 2.69. The fourth-order valence-electron chi connectivity index (χ4n) is 3.82. The lowest BCUT2D eigenvalue weighted by atomic mass is 10.1. The molecular formula is C27H36F2N4O3. The van der Waals surface area contributed by atoms with E-state index in [0.29, 0.717) is 28.3 Å². The van der Waals surface area contributed by atoms with Crippen LogP contribution < -0.4 is 16.2 Å². The van der Waals surface area contributed by atoms with E-state index in [4.69, 9.17) is 0 Å². The highest BCUT2D eigenvalue weighted by atomic mass is 19.3. The second-order valence-electron chi connectivity index (χ2n) is 8.51. The Morgan fingerprint density at radius 2 is 1.89 bits per heavy atom. The van der Waals surface area contributed by atoms with Gasteiger partial charge in [0.1, 0.15) is 11.5 Å². The van der Waals surface area contributed by atoms with E-state index in [2.05, 4.69) is 15.6 Å². The normalized spacial score (nSPS) is 12.0. The van der Waals surface area contributed by atoms with Crippen LogP contribution in [0.4, 0.5) is 20.3 Å². The molecule has 2 aromatic heterocycles. The van der Waals surface area contributed by atoms with Gasteiger partial charge in [0.25, 0.3) is 5.56 Å². The Labute approximate surface area is 210 Å². The topological polar surface area (TPSA) is 95.7 Å². The van der Waals surface area contributed by atoms with Crippen LogP contribution in [0.15, 0.2) is 41.3 Å². The lowest BCUT2D eigenvalue weighted by Gasteiger charge is -2.20. The predicted octanol–water partition coefficient (Wildman–Crippen LogP) is 6.45. The molecule has 0 bridgehead atoms. The maximum absolute atomic E-state index is 13.5. The van der Waals surface area contributed by atoms with E-state index in [1.165, 1.54) is 17.4 Å². The van der Waals surface area contributed by atoms with Gasteiger partial charge in [0, 0.05) is 36.8 Å². The molecule has 1 atom stereocenters. The summed E-state index contributed by atoms with van der Waals surface area (Å²) >= 11 is 0. The minimum atomic E-state index is -2.70. The molecule has 0 fully saturated rings. The number of carboxylic acid groups (broad SMARTS) is 1. The summed E-state index contributed by atoms with van der Waals surface area (Å²) in [6.07, 6.45) is 1.49. The Hall–Kier alpha value is -3.49. The molecule has 2 heterocycles. The summed E-state index contributed by atoms with van der Waals surface area (Å²) in [4.78, 5) is 29.3. The first-order valence-corrected chi connectivity index (χ1v) is 12.3. The number of benzene rings is 1. The highest BCUT2D eigenvalue weighted by Gasteiger charge is 2.25. The summed E-state index contributed by atoms with van der Waals surface area (Å²) in [6, 6.07) is 8.11. The van der Waals surface area contributed by atoms with Crippen LogP contribution in [0, 0.1) is 13.8 Å². The van der Waals surface area contributed by atoms with Gasteiger partial charge in [0.2, 0.25) is 5.92 Å². The third kappa shape index (κ3) is 6.80. The number of rotatable bonds is 10. The molecule has 196 valence electrons. The van der Waals surface area contributed by atoms with Crippen LogP contribution >= 0.6 is 0 Å². The summed E-state index contributed by atoms with van der Waals surface area (Å²) in [5, 5.41) is 15.7. The number of carboxylic acids is 1. The number of fused-ring (bicyclic) bond motifs is 1. The van der Waals surface area contributed by atoms with Crippen molar-refractivity contribution in [2.75, 3.05) is 17.2 Å².